The van der Waals surface area contributed by atoms with Crippen molar-refractivity contribution in [2.45, 2.75) is 6.42 Å². The summed E-state index contributed by atoms with van der Waals surface area (Å²) in [6.45, 7) is 0.825. The second-order valence-corrected chi connectivity index (χ2v) is 2.11. The van der Waals surface area contributed by atoms with E-state index in [1.165, 1.54) is 12.0 Å². The summed E-state index contributed by atoms with van der Waals surface area (Å²) >= 11 is 0. The molecule has 0 atom stereocenters. The zero-order chi connectivity index (χ0) is 7.56. The highest BCUT2D eigenvalue weighted by Crippen LogP contribution is 2.09. The quantitative estimate of drug-likeness (QED) is 0.391. The monoisotopic (exact) mass is 143 g/mol. The van der Waals surface area contributed by atoms with E-state index < -0.39 is 0 Å². The fraction of sp³-hybridized carbons (Fsp3) is 0.667. The van der Waals surface area contributed by atoms with Gasteiger partial charge in [0.2, 0.25) is 11.8 Å². The third-order valence-corrected chi connectivity index (χ3v) is 1.42. The van der Waals surface area contributed by atoms with Crippen molar-refractivity contribution in [2.24, 2.45) is 0 Å². The lowest BCUT2D eigenvalue weighted by Gasteiger charge is -2.27. The molecular formula is C6H9NO3. The molecule has 1 saturated heterocycles. The van der Waals surface area contributed by atoms with Gasteiger partial charge in [-0.1, -0.05) is 0 Å². The van der Waals surface area contributed by atoms with Crippen LogP contribution in [0.4, 0.5) is 0 Å². The number of rotatable bonds is 3. The van der Waals surface area contributed by atoms with E-state index in [0.717, 1.165) is 0 Å². The Morgan fingerprint density at radius 2 is 2.10 bits per heavy atom. The number of carbonyl (C=O) groups excluding carboxylic acids is 2. The molecule has 0 aromatic heterocycles. The van der Waals surface area contributed by atoms with E-state index in [2.05, 4.69) is 0 Å². The van der Waals surface area contributed by atoms with Crippen molar-refractivity contribution in [3.05, 3.63) is 0 Å². The van der Waals surface area contributed by atoms with Crippen LogP contribution in [-0.2, 0) is 14.3 Å². The lowest BCUT2D eigenvalue weighted by molar-refractivity contribution is -0.158. The molecule has 10 heavy (non-hydrogen) atoms. The number of nitrogens with zero attached hydrogens (tertiary/aromatic N) is 1. The van der Waals surface area contributed by atoms with Gasteiger partial charge in [0.05, 0.1) is 13.2 Å². The molecule has 0 bridgehead atoms. The van der Waals surface area contributed by atoms with E-state index in [4.69, 9.17) is 4.74 Å². The average Bonchev–Trinajstić information content (AvgIpc) is 1.89. The Labute approximate surface area is 58.8 Å². The summed E-state index contributed by atoms with van der Waals surface area (Å²) in [4.78, 5) is 22.4. The molecule has 0 aromatic rings. The molecule has 0 N–H and O–H groups in total. The number of imide groups is 1. The molecule has 1 rings (SSSR count). The molecule has 2 amide bonds. The minimum Gasteiger partial charge on any atom is -0.383 e. The van der Waals surface area contributed by atoms with Crippen LogP contribution < -0.4 is 0 Å². The van der Waals surface area contributed by atoms with Gasteiger partial charge in [-0.3, -0.25) is 14.5 Å². The molecule has 4 heteroatoms. The van der Waals surface area contributed by atoms with Crippen LogP contribution in [0.3, 0.4) is 0 Å². The number of methoxy groups -OCH3 is 1. The molecule has 1 aliphatic rings. The standard InChI is InChI=1S/C6H9NO3/c1-10-3-2-7-5(8)4-6(7)9/h2-4H2,1H3. The predicted octanol–water partition coefficient (Wildman–Crippen LogP) is -0.608. The number of ether oxygens (including phenoxy) is 1. The van der Waals surface area contributed by atoms with Crippen LogP contribution >= 0.6 is 0 Å². The Morgan fingerprint density at radius 3 is 2.50 bits per heavy atom. The number of hydrogen-bond acceptors (Lipinski definition) is 3. The van der Waals surface area contributed by atoms with Gasteiger partial charge in [0.25, 0.3) is 0 Å². The summed E-state index contributed by atoms with van der Waals surface area (Å²) in [6.07, 6.45) is 0.0731. The van der Waals surface area contributed by atoms with Gasteiger partial charge in [0, 0.05) is 7.11 Å². The highest BCUT2D eigenvalue weighted by Gasteiger charge is 2.33. The predicted molar refractivity (Wildman–Crippen MR) is 33.2 cm³/mol. The fourth-order valence-corrected chi connectivity index (χ4v) is 0.800. The van der Waals surface area contributed by atoms with Gasteiger partial charge in [0.1, 0.15) is 6.42 Å². The second-order valence-electron chi connectivity index (χ2n) is 2.11. The Hall–Kier alpha value is -0.900. The third kappa shape index (κ3) is 1.16. The van der Waals surface area contributed by atoms with Crippen molar-refractivity contribution in [2.75, 3.05) is 20.3 Å². The molecule has 1 aliphatic heterocycles. The smallest absolute Gasteiger partial charge is 0.238 e. The molecule has 0 saturated carbocycles. The number of carbonyl (C=O) groups is 2. The normalized spacial score (nSPS) is 17.5. The maximum atomic E-state index is 10.6. The molecule has 0 spiro atoms. The van der Waals surface area contributed by atoms with Crippen molar-refractivity contribution in [1.82, 2.24) is 4.90 Å². The first-order valence-corrected chi connectivity index (χ1v) is 3.08. The van der Waals surface area contributed by atoms with Crippen LogP contribution in [0.1, 0.15) is 6.42 Å². The Kier molecular flexibility index (Phi) is 2.01. The van der Waals surface area contributed by atoms with Crippen LogP contribution in [0.25, 0.3) is 0 Å². The molecule has 1 fully saturated rings. The first-order chi connectivity index (χ1) is 4.75. The Morgan fingerprint density at radius 1 is 1.50 bits per heavy atom. The van der Waals surface area contributed by atoms with Crippen LogP contribution in [-0.4, -0.2) is 37.0 Å². The first kappa shape index (κ1) is 7.21. The highest BCUT2D eigenvalue weighted by atomic mass is 16.5. The number of hydrogen-bond donors (Lipinski definition) is 0. The van der Waals surface area contributed by atoms with Crippen molar-refractivity contribution >= 4 is 11.8 Å². The van der Waals surface area contributed by atoms with E-state index >= 15 is 0 Å². The SMILES string of the molecule is COCCN1C(=O)CC1=O. The molecule has 1 heterocycles. The fourth-order valence-electron chi connectivity index (χ4n) is 0.800. The van der Waals surface area contributed by atoms with E-state index in [9.17, 15) is 9.59 Å². The zero-order valence-electron chi connectivity index (χ0n) is 5.79. The lowest BCUT2D eigenvalue weighted by atomic mass is 10.2. The molecule has 0 aromatic carbocycles. The summed E-state index contributed by atoms with van der Waals surface area (Å²) in [5.74, 6) is -0.191. The summed E-state index contributed by atoms with van der Waals surface area (Å²) in [5.41, 5.74) is 0. The second kappa shape index (κ2) is 2.79. The molecule has 0 aliphatic carbocycles. The van der Waals surface area contributed by atoms with Crippen molar-refractivity contribution in [3.63, 3.8) is 0 Å². The third-order valence-electron chi connectivity index (χ3n) is 1.42. The van der Waals surface area contributed by atoms with E-state index in [-0.39, 0.29) is 18.2 Å². The summed E-state index contributed by atoms with van der Waals surface area (Å²) in [7, 11) is 1.54. The molecule has 56 valence electrons. The van der Waals surface area contributed by atoms with Crippen LogP contribution in [0.5, 0.6) is 0 Å². The minimum atomic E-state index is -0.0953. The van der Waals surface area contributed by atoms with E-state index in [1.54, 1.807) is 0 Å². The summed E-state index contributed by atoms with van der Waals surface area (Å²) in [6, 6.07) is 0. The van der Waals surface area contributed by atoms with Gasteiger partial charge in [-0.15, -0.1) is 0 Å². The van der Waals surface area contributed by atoms with E-state index in [0.29, 0.717) is 13.2 Å². The Balaban J connectivity index is 2.27. The van der Waals surface area contributed by atoms with Crippen molar-refractivity contribution in [3.8, 4) is 0 Å². The average molecular weight is 143 g/mol. The van der Waals surface area contributed by atoms with Gasteiger partial charge in [-0.25, -0.2) is 0 Å². The largest absolute Gasteiger partial charge is 0.383 e. The molecular weight excluding hydrogens is 134 g/mol. The number of β-lactam (4-membered cyclic amide) rings is 2. The summed E-state index contributed by atoms with van der Waals surface area (Å²) < 4.78 is 4.70. The van der Waals surface area contributed by atoms with Crippen LogP contribution in [0.2, 0.25) is 0 Å². The van der Waals surface area contributed by atoms with Crippen LogP contribution in [0.15, 0.2) is 0 Å². The van der Waals surface area contributed by atoms with Gasteiger partial charge < -0.3 is 4.74 Å². The van der Waals surface area contributed by atoms with Gasteiger partial charge in [0.15, 0.2) is 0 Å². The molecule has 4 nitrogen and oxygen atoms in total. The maximum absolute atomic E-state index is 10.6. The van der Waals surface area contributed by atoms with Gasteiger partial charge in [-0.2, -0.15) is 0 Å². The Bertz CT molecular complexity index is 152. The maximum Gasteiger partial charge on any atom is 0.238 e. The molecule has 0 unspecified atom stereocenters. The van der Waals surface area contributed by atoms with Crippen molar-refractivity contribution < 1.29 is 14.3 Å². The van der Waals surface area contributed by atoms with Gasteiger partial charge in [-0.05, 0) is 0 Å². The minimum absolute atomic E-state index is 0.0731. The lowest BCUT2D eigenvalue weighted by Crippen LogP contribution is -2.50. The first-order valence-electron chi connectivity index (χ1n) is 3.08. The zero-order valence-corrected chi connectivity index (χ0v) is 5.79. The highest BCUT2D eigenvalue weighted by molar-refractivity contribution is 6.14. The van der Waals surface area contributed by atoms with Crippen molar-refractivity contribution in [1.29, 1.82) is 0 Å². The van der Waals surface area contributed by atoms with Crippen LogP contribution in [0, 0.1) is 0 Å². The van der Waals surface area contributed by atoms with Gasteiger partial charge >= 0.3 is 0 Å². The number of amides is 2. The topological polar surface area (TPSA) is 46.6 Å². The summed E-state index contributed by atoms with van der Waals surface area (Å²) in [5, 5.41) is 0. The molecule has 0 radical (unpaired) electrons. The number of likely N-dealkylation sites (tertiary alicyclic amines) is 1. The van der Waals surface area contributed by atoms with E-state index in [1.807, 2.05) is 0 Å².